The van der Waals surface area contributed by atoms with Crippen LogP contribution in [0.5, 0.6) is 0 Å². The first-order valence-electron chi connectivity index (χ1n) is 12.1. The average molecular weight is 604 g/mol. The van der Waals surface area contributed by atoms with Gasteiger partial charge in [-0.3, -0.25) is 14.4 Å². The average Bonchev–Trinajstić information content (AvgIpc) is 2.90. The van der Waals surface area contributed by atoms with Gasteiger partial charge in [-0.15, -0.1) is 0 Å². The van der Waals surface area contributed by atoms with Gasteiger partial charge >= 0.3 is 22.4 Å². The Morgan fingerprint density at radius 3 is 1.70 bits per heavy atom. The quantitative estimate of drug-likeness (QED) is 0.109. The van der Waals surface area contributed by atoms with Crippen molar-refractivity contribution < 1.29 is 33.8 Å². The predicted octanol–water partition coefficient (Wildman–Crippen LogP) is 7.57. The molecular weight excluding hydrogens is 555 g/mol. The van der Waals surface area contributed by atoms with E-state index in [4.69, 9.17) is 9.84 Å². The van der Waals surface area contributed by atoms with Gasteiger partial charge in [-0.05, 0) is 91.4 Å². The molecule has 40 heavy (non-hydrogen) atoms. The fourth-order valence-electron chi connectivity index (χ4n) is 2.90. The molecule has 2 aromatic rings. The first-order chi connectivity index (χ1) is 17.7. The van der Waals surface area contributed by atoms with Gasteiger partial charge in [-0.1, -0.05) is 71.7 Å². The molecule has 0 saturated carbocycles. The van der Waals surface area contributed by atoms with E-state index in [1.165, 1.54) is 18.2 Å². The number of methoxy groups -OCH3 is 1. The lowest BCUT2D eigenvalue weighted by molar-refractivity contribution is -0.143. The minimum Gasteiger partial charge on any atom is -0.466 e. The lowest BCUT2D eigenvalue weighted by atomic mass is 10.1. The number of unbranched alkanes of at least 4 members (excludes halogenated alkanes) is 2. The summed E-state index contributed by atoms with van der Waals surface area (Å²) < 4.78 is 9.68. The summed E-state index contributed by atoms with van der Waals surface area (Å²) in [6.45, 7) is 2.78. The number of carbonyl (C=O) groups is 4. The van der Waals surface area contributed by atoms with E-state index in [9.17, 15) is 19.2 Å². The molecule has 0 fully saturated rings. The molecule has 7 nitrogen and oxygen atoms in total. The van der Waals surface area contributed by atoms with Gasteiger partial charge in [0.25, 0.3) is 0 Å². The van der Waals surface area contributed by atoms with Gasteiger partial charge in [-0.2, -0.15) is 0 Å². The van der Waals surface area contributed by atoms with Crippen molar-refractivity contribution >= 4 is 45.6 Å². The van der Waals surface area contributed by atoms with Crippen molar-refractivity contribution in [2.45, 2.75) is 80.6 Å². The fourth-order valence-corrected chi connectivity index (χ4v) is 2.90. The summed E-state index contributed by atoms with van der Waals surface area (Å²) in [5, 5.41) is 6.35. The molecule has 0 aliphatic rings. The maximum absolute atomic E-state index is 11.1. The molecule has 0 heterocycles. The Morgan fingerprint density at radius 1 is 0.750 bits per heavy atom. The number of ether oxygens (including phenoxy) is 2. The van der Waals surface area contributed by atoms with E-state index < -0.39 is 10.5 Å². The molecule has 0 amide bonds. The molecule has 0 saturated heterocycles. The van der Waals surface area contributed by atoms with Crippen LogP contribution in [0.25, 0.3) is 0 Å². The molecule has 1 N–H and O–H groups in total. The van der Waals surface area contributed by atoms with Crippen LogP contribution >= 0.6 is 23.2 Å². The Labute approximate surface area is 251 Å². The second-order valence-electron chi connectivity index (χ2n) is 7.83. The number of aliphatic hydroxyl groups is 1. The van der Waals surface area contributed by atoms with Crippen LogP contribution in [0.2, 0.25) is 0 Å². The van der Waals surface area contributed by atoms with E-state index in [1.54, 1.807) is 12.1 Å². The van der Waals surface area contributed by atoms with E-state index in [2.05, 4.69) is 52.2 Å². The number of esters is 2. The third-order valence-corrected chi connectivity index (χ3v) is 5.26. The van der Waals surface area contributed by atoms with Gasteiger partial charge < -0.3 is 14.6 Å². The molecule has 0 aromatic heterocycles. The SMILES string of the molecule is C.C.C.CCCC(=O)OCCCCc1ccccc1.COC(=O)c1ccc(CCCCO)cc1.O=C(Cl)C(=O)Cl. The molecule has 2 aromatic carbocycles. The van der Waals surface area contributed by atoms with Gasteiger partial charge in [0.05, 0.1) is 19.3 Å². The Morgan fingerprint density at radius 2 is 1.25 bits per heavy atom. The highest BCUT2D eigenvalue weighted by molar-refractivity contribution is 6.97. The van der Waals surface area contributed by atoms with Gasteiger partial charge in [-0.25, -0.2) is 4.79 Å². The molecule has 0 unspecified atom stereocenters. The zero-order valence-electron chi connectivity index (χ0n) is 21.4. The molecule has 0 aliphatic heterocycles. The summed E-state index contributed by atoms with van der Waals surface area (Å²) >= 11 is 8.98. The lowest BCUT2D eigenvalue weighted by Gasteiger charge is -2.04. The van der Waals surface area contributed by atoms with Crippen LogP contribution < -0.4 is 0 Å². The topological polar surface area (TPSA) is 107 Å². The number of carbonyl (C=O) groups excluding carboxylic acids is 4. The normalized spacial score (nSPS) is 8.93. The van der Waals surface area contributed by atoms with Crippen molar-refractivity contribution in [3.63, 3.8) is 0 Å². The zero-order chi connectivity index (χ0) is 27.9. The number of halogens is 2. The van der Waals surface area contributed by atoms with Gasteiger partial charge in [0.15, 0.2) is 0 Å². The van der Waals surface area contributed by atoms with Gasteiger partial charge in [0.2, 0.25) is 0 Å². The van der Waals surface area contributed by atoms with E-state index in [0.717, 1.165) is 44.9 Å². The lowest BCUT2D eigenvalue weighted by Crippen LogP contribution is -2.05. The van der Waals surface area contributed by atoms with E-state index in [1.807, 2.05) is 25.1 Å². The van der Waals surface area contributed by atoms with Crippen LogP contribution in [-0.4, -0.2) is 47.9 Å². The summed E-state index contributed by atoms with van der Waals surface area (Å²) in [5.41, 5.74) is 3.10. The standard InChI is InChI=1S/C14H20O2.C12H16O3.C2Cl2O2.3CH4/c1-2-8-14(15)16-12-7-6-11-13-9-4-3-5-10-13;1-15-12(14)11-7-5-10(6-8-11)4-2-3-9-13;3-1(5)2(4)6;;;/h3-5,9-10H,2,6-8,11-12H2,1H3;5-8,13H,2-4,9H2,1H3;;3*1H4. The Balaban J connectivity index is -0.000000254. The Kier molecular flexibility index (Phi) is 32.4. The Hall–Kier alpha value is -2.74. The molecule has 2 rings (SSSR count). The minimum absolute atomic E-state index is 0. The second kappa shape index (κ2) is 29.2. The van der Waals surface area contributed by atoms with Crippen LogP contribution in [0.1, 0.15) is 89.2 Å². The molecule has 228 valence electrons. The first kappa shape index (κ1) is 44.3. The third-order valence-electron chi connectivity index (χ3n) is 4.82. The van der Waals surface area contributed by atoms with Crippen molar-refractivity contribution in [1.29, 1.82) is 0 Å². The first-order valence-corrected chi connectivity index (χ1v) is 12.9. The molecular formula is C31H48Cl2O7. The molecule has 0 spiro atoms. The van der Waals surface area contributed by atoms with Crippen LogP contribution in [0.3, 0.4) is 0 Å². The smallest absolute Gasteiger partial charge is 0.337 e. The predicted molar refractivity (Wildman–Crippen MR) is 165 cm³/mol. The van der Waals surface area contributed by atoms with Crippen LogP contribution in [0.15, 0.2) is 54.6 Å². The number of hydrogen-bond donors (Lipinski definition) is 1. The molecule has 0 atom stereocenters. The molecule has 9 heteroatoms. The summed E-state index contributed by atoms with van der Waals surface area (Å²) in [5.74, 6) is -0.376. The highest BCUT2D eigenvalue weighted by Gasteiger charge is 2.04. The van der Waals surface area contributed by atoms with E-state index in [0.29, 0.717) is 18.6 Å². The van der Waals surface area contributed by atoms with Crippen molar-refractivity contribution in [3.05, 3.63) is 71.3 Å². The highest BCUT2D eigenvalue weighted by Crippen LogP contribution is 2.09. The summed E-state index contributed by atoms with van der Waals surface area (Å²) in [6.07, 6.45) is 7.20. The van der Waals surface area contributed by atoms with Crippen molar-refractivity contribution in [2.75, 3.05) is 20.3 Å². The van der Waals surface area contributed by atoms with Crippen molar-refractivity contribution in [2.24, 2.45) is 0 Å². The van der Waals surface area contributed by atoms with Crippen molar-refractivity contribution in [1.82, 2.24) is 0 Å². The largest absolute Gasteiger partial charge is 0.466 e. The van der Waals surface area contributed by atoms with Crippen LogP contribution in [0.4, 0.5) is 0 Å². The Bertz CT molecular complexity index is 905. The number of hydrogen-bond acceptors (Lipinski definition) is 7. The third kappa shape index (κ3) is 24.3. The van der Waals surface area contributed by atoms with E-state index in [-0.39, 0.29) is 40.8 Å². The molecule has 0 bridgehead atoms. The summed E-state index contributed by atoms with van der Waals surface area (Å²) in [4.78, 5) is 41.0. The zero-order valence-corrected chi connectivity index (χ0v) is 22.9. The van der Waals surface area contributed by atoms with Gasteiger partial charge in [0, 0.05) is 13.0 Å². The van der Waals surface area contributed by atoms with Crippen LogP contribution in [0, 0.1) is 0 Å². The fraction of sp³-hybridized carbons (Fsp3) is 0.484. The number of rotatable bonds is 13. The maximum Gasteiger partial charge on any atom is 0.337 e. The number of aliphatic hydroxyl groups excluding tert-OH is 1. The minimum atomic E-state index is -1.14. The highest BCUT2D eigenvalue weighted by atomic mass is 35.5. The van der Waals surface area contributed by atoms with Crippen LogP contribution in [-0.2, 0) is 36.7 Å². The number of benzene rings is 2. The maximum atomic E-state index is 11.1. The van der Waals surface area contributed by atoms with E-state index >= 15 is 0 Å². The second-order valence-corrected chi connectivity index (χ2v) is 8.52. The summed E-state index contributed by atoms with van der Waals surface area (Å²) in [6, 6.07) is 17.8. The number of aryl methyl sites for hydroxylation is 2. The van der Waals surface area contributed by atoms with Gasteiger partial charge in [0.1, 0.15) is 0 Å². The monoisotopic (exact) mass is 602 g/mol. The molecule has 0 radical (unpaired) electrons. The summed E-state index contributed by atoms with van der Waals surface area (Å²) in [7, 11) is 1.37. The molecule has 0 aliphatic carbocycles. The van der Waals surface area contributed by atoms with Crippen molar-refractivity contribution in [3.8, 4) is 0 Å².